The first-order chi connectivity index (χ1) is 7.60. The zero-order valence-corrected chi connectivity index (χ0v) is 11.3. The summed E-state index contributed by atoms with van der Waals surface area (Å²) in [6.07, 6.45) is 0.351. The number of carbonyl (C=O) groups is 1. The highest BCUT2D eigenvalue weighted by Crippen LogP contribution is 1.97. The Hall–Kier alpha value is -1.62. The fourth-order valence-electron chi connectivity index (χ4n) is 1.01. The highest BCUT2D eigenvalue weighted by molar-refractivity contribution is 6.38. The summed E-state index contributed by atoms with van der Waals surface area (Å²) in [6.45, 7) is 6.70. The summed E-state index contributed by atoms with van der Waals surface area (Å²) in [7, 11) is 0.709. The van der Waals surface area contributed by atoms with E-state index in [1.165, 1.54) is 6.92 Å². The Balaban J connectivity index is 5.10. The molecule has 0 bridgehead atoms. The number of Topliss-reactive ketones (excluding diaryl/α,β-unsaturated/α-hetero) is 1. The topological polar surface area (TPSA) is 38.7 Å². The maximum Gasteiger partial charge on any atom is 0.222 e. The third-order valence-corrected chi connectivity index (χ3v) is 2.37. The second-order valence-corrected chi connectivity index (χ2v) is 4.69. The molecule has 0 aliphatic heterocycles. The second kappa shape index (κ2) is 8.67. The Labute approximate surface area is 98.2 Å². The predicted octanol–water partition coefficient (Wildman–Crippen LogP) is 1.25. The summed E-state index contributed by atoms with van der Waals surface area (Å²) in [5, 5.41) is 0.698. The molecule has 0 spiro atoms. The molecule has 0 aliphatic rings. The Morgan fingerprint density at radius 2 is 2.12 bits per heavy atom. The van der Waals surface area contributed by atoms with Gasteiger partial charge in [0.15, 0.2) is 0 Å². The largest absolute Gasteiger partial charge is 0.419 e. The second-order valence-electron chi connectivity index (χ2n) is 3.16. The van der Waals surface area contributed by atoms with E-state index >= 15 is 0 Å². The smallest absolute Gasteiger partial charge is 0.222 e. The first-order valence-corrected chi connectivity index (χ1v) is 6.05. The van der Waals surface area contributed by atoms with Gasteiger partial charge in [0.05, 0.1) is 5.32 Å². The maximum absolute atomic E-state index is 10.9. The molecular weight excluding hydrogens is 218 g/mol. The molecule has 0 aromatic heterocycles. The molecule has 3 nitrogen and oxygen atoms in total. The molecule has 0 heterocycles. The van der Waals surface area contributed by atoms with E-state index in [2.05, 4.69) is 34.5 Å². The fourth-order valence-corrected chi connectivity index (χ4v) is 1.78. The van der Waals surface area contributed by atoms with Crippen molar-refractivity contribution < 1.29 is 9.22 Å². The Morgan fingerprint density at radius 1 is 1.44 bits per heavy atom. The minimum absolute atomic E-state index is 0.0881. The van der Waals surface area contributed by atoms with Gasteiger partial charge >= 0.3 is 0 Å². The van der Waals surface area contributed by atoms with Gasteiger partial charge in [0.25, 0.3) is 0 Å². The SMILES string of the molecule is C=C=C=C=C=C(N=C(C)CC(C)=O)[SiH2]OC. The van der Waals surface area contributed by atoms with E-state index in [1.807, 2.05) is 0 Å². The van der Waals surface area contributed by atoms with Crippen molar-refractivity contribution >= 4 is 21.3 Å². The lowest BCUT2D eigenvalue weighted by atomic mass is 10.2. The van der Waals surface area contributed by atoms with Crippen molar-refractivity contribution in [2.24, 2.45) is 4.99 Å². The van der Waals surface area contributed by atoms with Crippen molar-refractivity contribution in [1.29, 1.82) is 0 Å². The minimum Gasteiger partial charge on any atom is -0.419 e. The lowest BCUT2D eigenvalue weighted by Gasteiger charge is -1.98. The van der Waals surface area contributed by atoms with Gasteiger partial charge in [-0.2, -0.15) is 0 Å². The lowest BCUT2D eigenvalue weighted by Crippen LogP contribution is -2.03. The van der Waals surface area contributed by atoms with Crippen molar-refractivity contribution in [2.75, 3.05) is 7.11 Å². The van der Waals surface area contributed by atoms with Gasteiger partial charge < -0.3 is 4.43 Å². The van der Waals surface area contributed by atoms with Crippen LogP contribution in [0.3, 0.4) is 0 Å². The third-order valence-electron chi connectivity index (χ3n) is 1.47. The summed E-state index contributed by atoms with van der Waals surface area (Å²) >= 11 is 0. The number of aliphatic imine (C=N–C) groups is 1. The zero-order chi connectivity index (χ0) is 12.4. The number of ketones is 1. The van der Waals surface area contributed by atoms with E-state index in [9.17, 15) is 4.79 Å². The molecule has 0 fully saturated rings. The summed E-state index contributed by atoms with van der Waals surface area (Å²) < 4.78 is 5.08. The summed E-state index contributed by atoms with van der Waals surface area (Å²) in [5.74, 6) is 0.0881. The van der Waals surface area contributed by atoms with Gasteiger partial charge in [0, 0.05) is 19.2 Å². The number of hydrogen-bond acceptors (Lipinski definition) is 3. The van der Waals surface area contributed by atoms with Gasteiger partial charge in [-0.05, 0) is 37.6 Å². The van der Waals surface area contributed by atoms with Crippen LogP contribution in [0, 0.1) is 0 Å². The van der Waals surface area contributed by atoms with Crippen LogP contribution in [-0.4, -0.2) is 28.4 Å². The first kappa shape index (κ1) is 14.4. The van der Waals surface area contributed by atoms with E-state index < -0.39 is 9.76 Å². The third kappa shape index (κ3) is 7.75. The molecule has 0 atom stereocenters. The lowest BCUT2D eigenvalue weighted by molar-refractivity contribution is -0.115. The van der Waals surface area contributed by atoms with Crippen molar-refractivity contribution in [2.45, 2.75) is 20.3 Å². The van der Waals surface area contributed by atoms with Gasteiger partial charge in [0.2, 0.25) is 9.76 Å². The van der Waals surface area contributed by atoms with Crippen LogP contribution in [0.4, 0.5) is 0 Å². The molecule has 0 unspecified atom stereocenters. The zero-order valence-electron chi connectivity index (χ0n) is 9.89. The highest BCUT2D eigenvalue weighted by atomic mass is 28.2. The molecule has 0 N–H and O–H groups in total. The van der Waals surface area contributed by atoms with E-state index in [0.29, 0.717) is 11.7 Å². The molecule has 0 radical (unpaired) electrons. The molecular formula is C12H15NO2Si. The molecule has 0 amide bonds. The van der Waals surface area contributed by atoms with Gasteiger partial charge in [-0.25, -0.2) is 0 Å². The van der Waals surface area contributed by atoms with Gasteiger partial charge in [0.1, 0.15) is 5.78 Å². The van der Waals surface area contributed by atoms with Crippen LogP contribution >= 0.6 is 0 Å². The van der Waals surface area contributed by atoms with Crippen LogP contribution in [0.25, 0.3) is 0 Å². The molecule has 16 heavy (non-hydrogen) atoms. The fraction of sp³-hybridized carbons (Fsp3) is 0.333. The molecule has 0 aliphatic carbocycles. The van der Waals surface area contributed by atoms with Crippen LogP contribution in [0.5, 0.6) is 0 Å². The van der Waals surface area contributed by atoms with Gasteiger partial charge in [-0.1, -0.05) is 5.73 Å². The molecule has 0 saturated carbocycles. The highest BCUT2D eigenvalue weighted by Gasteiger charge is 1.99. The van der Waals surface area contributed by atoms with Crippen LogP contribution in [0.15, 0.2) is 39.8 Å². The Kier molecular flexibility index (Phi) is 7.79. The first-order valence-electron chi connectivity index (χ1n) is 4.76. The molecule has 84 valence electrons. The number of nitrogens with zero attached hydrogens (tertiary/aromatic N) is 1. The summed E-state index contributed by atoms with van der Waals surface area (Å²) in [6, 6.07) is 0. The average molecular weight is 233 g/mol. The Morgan fingerprint density at radius 3 is 2.62 bits per heavy atom. The number of carbonyl (C=O) groups excluding carboxylic acids is 1. The molecule has 0 aromatic rings. The quantitative estimate of drug-likeness (QED) is 0.407. The van der Waals surface area contributed by atoms with E-state index in [0.717, 1.165) is 5.71 Å². The van der Waals surface area contributed by atoms with Crippen LogP contribution in [0.2, 0.25) is 0 Å². The normalized spacial score (nSPS) is 10.3. The van der Waals surface area contributed by atoms with Crippen LogP contribution in [0.1, 0.15) is 20.3 Å². The van der Waals surface area contributed by atoms with Crippen molar-refractivity contribution in [3.63, 3.8) is 0 Å². The molecule has 0 rings (SSSR count). The van der Waals surface area contributed by atoms with Crippen LogP contribution < -0.4 is 0 Å². The van der Waals surface area contributed by atoms with Gasteiger partial charge in [-0.15, -0.1) is 0 Å². The summed E-state index contributed by atoms with van der Waals surface area (Å²) in [4.78, 5) is 15.1. The van der Waals surface area contributed by atoms with Crippen molar-refractivity contribution in [3.8, 4) is 0 Å². The number of hydrogen-bond donors (Lipinski definition) is 0. The summed E-state index contributed by atoms with van der Waals surface area (Å²) in [5.41, 5.74) is 11.2. The molecule has 0 saturated heterocycles. The Bertz CT molecular complexity index is 440. The number of rotatable bonds is 5. The van der Waals surface area contributed by atoms with Gasteiger partial charge in [-0.3, -0.25) is 9.79 Å². The maximum atomic E-state index is 10.9. The monoisotopic (exact) mass is 233 g/mol. The van der Waals surface area contributed by atoms with E-state index in [-0.39, 0.29) is 5.78 Å². The van der Waals surface area contributed by atoms with E-state index in [4.69, 9.17) is 4.43 Å². The van der Waals surface area contributed by atoms with Crippen molar-refractivity contribution in [1.82, 2.24) is 0 Å². The average Bonchev–Trinajstić information content (AvgIpc) is 2.16. The minimum atomic E-state index is -0.913. The standard InChI is InChI=1S/C12H15NO2Si/c1-5-6-7-8-12(16-15-4)13-10(2)9-11(3)14/h1,9,16H2,2-4H3. The molecule has 0 aromatic carbocycles. The van der Waals surface area contributed by atoms with Crippen molar-refractivity contribution in [3.05, 3.63) is 34.8 Å². The van der Waals surface area contributed by atoms with E-state index in [1.54, 1.807) is 14.0 Å². The molecule has 4 heteroatoms. The predicted molar refractivity (Wildman–Crippen MR) is 67.2 cm³/mol. The van der Waals surface area contributed by atoms with Crippen LogP contribution in [-0.2, 0) is 9.22 Å².